The molecule has 0 amide bonds. The number of benzene rings is 1. The van der Waals surface area contributed by atoms with Crippen LogP contribution in [-0.4, -0.2) is 23.3 Å². The number of para-hydroxylation sites is 1. The van der Waals surface area contributed by atoms with Gasteiger partial charge in [0.2, 0.25) is 0 Å². The summed E-state index contributed by atoms with van der Waals surface area (Å²) in [4.78, 5) is 2.39. The highest BCUT2D eigenvalue weighted by molar-refractivity contribution is 5.59. The van der Waals surface area contributed by atoms with E-state index in [9.17, 15) is 5.11 Å². The molecule has 1 N–H and O–H groups in total. The van der Waals surface area contributed by atoms with E-state index in [-0.39, 0.29) is 11.6 Å². The number of β-amino-alcohol motifs (C(OH)–C–C–N with tert-alkyl or cyclic N) is 1. The molecule has 2 heteroatoms. The monoisotopic (exact) mass is 247 g/mol. The molecule has 2 rings (SSSR count). The Balaban J connectivity index is 2.38. The van der Waals surface area contributed by atoms with Crippen molar-refractivity contribution in [3.63, 3.8) is 0 Å². The van der Waals surface area contributed by atoms with E-state index in [4.69, 9.17) is 0 Å². The minimum absolute atomic E-state index is 0.115. The Hall–Kier alpha value is -1.02. The molecule has 0 aliphatic carbocycles. The van der Waals surface area contributed by atoms with Gasteiger partial charge < -0.3 is 10.0 Å². The van der Waals surface area contributed by atoms with Crippen LogP contribution in [0.15, 0.2) is 24.3 Å². The fourth-order valence-electron chi connectivity index (χ4n) is 3.13. The van der Waals surface area contributed by atoms with Gasteiger partial charge in [0.05, 0.1) is 6.10 Å². The fraction of sp³-hybridized carbons (Fsp3) is 0.625. The minimum atomic E-state index is -0.245. The lowest BCUT2D eigenvalue weighted by molar-refractivity contribution is 0.165. The third-order valence-electron chi connectivity index (χ3n) is 4.16. The Kier molecular flexibility index (Phi) is 3.67. The highest BCUT2D eigenvalue weighted by atomic mass is 16.3. The van der Waals surface area contributed by atoms with Crippen molar-refractivity contribution in [2.24, 2.45) is 0 Å². The molecule has 1 aliphatic heterocycles. The summed E-state index contributed by atoms with van der Waals surface area (Å²) >= 11 is 0. The molecule has 0 saturated carbocycles. The topological polar surface area (TPSA) is 23.5 Å². The van der Waals surface area contributed by atoms with Gasteiger partial charge in [0.1, 0.15) is 0 Å². The maximum absolute atomic E-state index is 9.99. The van der Waals surface area contributed by atoms with E-state index in [0.717, 1.165) is 19.4 Å². The normalized spacial score (nSPS) is 23.6. The first-order valence-electron chi connectivity index (χ1n) is 7.00. The average molecular weight is 247 g/mol. The molecule has 18 heavy (non-hydrogen) atoms. The van der Waals surface area contributed by atoms with Crippen LogP contribution in [0.1, 0.15) is 52.0 Å². The van der Waals surface area contributed by atoms with Gasteiger partial charge >= 0.3 is 0 Å². The first-order chi connectivity index (χ1) is 8.45. The number of hydrogen-bond donors (Lipinski definition) is 1. The Bertz CT molecular complexity index is 413. The van der Waals surface area contributed by atoms with Crippen LogP contribution in [0.3, 0.4) is 0 Å². The molecule has 2 unspecified atom stereocenters. The summed E-state index contributed by atoms with van der Waals surface area (Å²) in [6.45, 7) is 9.63. The second kappa shape index (κ2) is 4.93. The second-order valence-electron chi connectivity index (χ2n) is 6.15. The van der Waals surface area contributed by atoms with E-state index in [1.807, 2.05) is 6.92 Å². The van der Waals surface area contributed by atoms with Crippen LogP contribution in [0.4, 0.5) is 5.69 Å². The summed E-state index contributed by atoms with van der Waals surface area (Å²) in [5.41, 5.74) is 2.83. The van der Waals surface area contributed by atoms with Crippen LogP contribution in [0.5, 0.6) is 0 Å². The summed E-state index contributed by atoms with van der Waals surface area (Å²) in [6, 6.07) is 8.62. The predicted molar refractivity (Wildman–Crippen MR) is 77.2 cm³/mol. The van der Waals surface area contributed by atoms with Gasteiger partial charge in [-0.1, -0.05) is 32.0 Å². The van der Waals surface area contributed by atoms with Gasteiger partial charge in [-0.15, -0.1) is 0 Å². The number of aliphatic hydroxyl groups excluding tert-OH is 1. The molecule has 1 heterocycles. The molecule has 0 radical (unpaired) electrons. The largest absolute Gasteiger partial charge is 0.391 e. The maximum atomic E-state index is 9.99. The molecular weight excluding hydrogens is 222 g/mol. The summed E-state index contributed by atoms with van der Waals surface area (Å²) in [5, 5.41) is 9.99. The molecule has 0 saturated heterocycles. The third kappa shape index (κ3) is 2.39. The zero-order valence-electron chi connectivity index (χ0n) is 12.0. The summed E-state index contributed by atoms with van der Waals surface area (Å²) in [6.07, 6.45) is 1.70. The molecule has 1 aromatic carbocycles. The Morgan fingerprint density at radius 1 is 1.39 bits per heavy atom. The molecule has 0 fully saturated rings. The second-order valence-corrected chi connectivity index (χ2v) is 6.15. The van der Waals surface area contributed by atoms with Crippen LogP contribution in [0.2, 0.25) is 0 Å². The van der Waals surface area contributed by atoms with E-state index < -0.39 is 0 Å². The van der Waals surface area contributed by atoms with Gasteiger partial charge in [-0.2, -0.15) is 0 Å². The number of nitrogens with zero attached hydrogens (tertiary/aromatic N) is 1. The molecule has 0 spiro atoms. The smallest absolute Gasteiger partial charge is 0.0712 e. The minimum Gasteiger partial charge on any atom is -0.391 e. The van der Waals surface area contributed by atoms with Crippen molar-refractivity contribution in [1.29, 1.82) is 0 Å². The zero-order valence-corrected chi connectivity index (χ0v) is 12.0. The molecule has 0 bridgehead atoms. The van der Waals surface area contributed by atoms with Crippen molar-refractivity contribution in [3.8, 4) is 0 Å². The zero-order chi connectivity index (χ0) is 13.3. The van der Waals surface area contributed by atoms with E-state index in [0.29, 0.717) is 5.92 Å². The van der Waals surface area contributed by atoms with Gasteiger partial charge in [0.25, 0.3) is 0 Å². The highest BCUT2D eigenvalue weighted by Crippen LogP contribution is 2.43. The quantitative estimate of drug-likeness (QED) is 0.883. The summed E-state index contributed by atoms with van der Waals surface area (Å²) in [5.74, 6) is 0.589. The highest BCUT2D eigenvalue weighted by Gasteiger charge is 2.36. The van der Waals surface area contributed by atoms with Crippen LogP contribution < -0.4 is 4.90 Å². The Morgan fingerprint density at radius 2 is 2.06 bits per heavy atom. The lowest BCUT2D eigenvalue weighted by atomic mass is 9.80. The number of anilines is 1. The van der Waals surface area contributed by atoms with E-state index in [2.05, 4.69) is 49.9 Å². The van der Waals surface area contributed by atoms with Crippen molar-refractivity contribution in [1.82, 2.24) is 0 Å². The fourth-order valence-corrected chi connectivity index (χ4v) is 3.13. The van der Waals surface area contributed by atoms with E-state index in [1.165, 1.54) is 11.3 Å². The van der Waals surface area contributed by atoms with Crippen molar-refractivity contribution in [3.05, 3.63) is 29.8 Å². The lowest BCUT2D eigenvalue weighted by Crippen LogP contribution is -2.51. The Labute approximate surface area is 111 Å². The first kappa shape index (κ1) is 13.4. The Morgan fingerprint density at radius 3 is 2.72 bits per heavy atom. The van der Waals surface area contributed by atoms with Crippen molar-refractivity contribution in [2.45, 2.75) is 58.1 Å². The van der Waals surface area contributed by atoms with Gasteiger partial charge in [-0.25, -0.2) is 0 Å². The van der Waals surface area contributed by atoms with E-state index >= 15 is 0 Å². The summed E-state index contributed by atoms with van der Waals surface area (Å²) in [7, 11) is 0. The van der Waals surface area contributed by atoms with Crippen LogP contribution in [-0.2, 0) is 0 Å². The number of aliphatic hydroxyl groups is 1. The number of fused-ring (bicyclic) bond motifs is 1. The van der Waals surface area contributed by atoms with Gasteiger partial charge in [0.15, 0.2) is 0 Å². The van der Waals surface area contributed by atoms with Gasteiger partial charge in [-0.05, 0) is 44.2 Å². The van der Waals surface area contributed by atoms with Crippen molar-refractivity contribution in [2.75, 3.05) is 11.4 Å². The van der Waals surface area contributed by atoms with E-state index in [1.54, 1.807) is 0 Å². The van der Waals surface area contributed by atoms with Crippen LogP contribution in [0, 0.1) is 0 Å². The molecule has 2 atom stereocenters. The lowest BCUT2D eigenvalue weighted by Gasteiger charge is -2.48. The van der Waals surface area contributed by atoms with Gasteiger partial charge in [0, 0.05) is 17.8 Å². The number of hydrogen-bond acceptors (Lipinski definition) is 2. The molecule has 2 nitrogen and oxygen atoms in total. The van der Waals surface area contributed by atoms with Crippen molar-refractivity contribution >= 4 is 5.69 Å². The SMILES string of the molecule is CCC(O)CN1c2ccccc2C(C)CC1(C)C. The maximum Gasteiger partial charge on any atom is 0.0712 e. The number of rotatable bonds is 3. The summed E-state index contributed by atoms with van der Waals surface area (Å²) < 4.78 is 0. The first-order valence-corrected chi connectivity index (χ1v) is 7.00. The molecule has 1 aliphatic rings. The average Bonchev–Trinajstić information content (AvgIpc) is 2.33. The molecule has 0 aromatic heterocycles. The predicted octanol–water partition coefficient (Wildman–Crippen LogP) is 3.55. The molecular formula is C16H25NO. The van der Waals surface area contributed by atoms with Crippen LogP contribution >= 0.6 is 0 Å². The molecule has 1 aromatic rings. The van der Waals surface area contributed by atoms with Crippen molar-refractivity contribution < 1.29 is 5.11 Å². The third-order valence-corrected chi connectivity index (χ3v) is 4.16. The molecule has 100 valence electrons. The van der Waals surface area contributed by atoms with Crippen LogP contribution in [0.25, 0.3) is 0 Å². The standard InChI is InChI=1S/C16H25NO/c1-5-13(18)11-17-15-9-7-6-8-14(15)12(2)10-16(17,3)4/h6-9,12-13,18H,5,10-11H2,1-4H3. The van der Waals surface area contributed by atoms with Gasteiger partial charge in [-0.3, -0.25) is 0 Å².